The Morgan fingerprint density at radius 2 is 1.68 bits per heavy atom. The maximum Gasteiger partial charge on any atom is 0.410 e. The van der Waals surface area contributed by atoms with E-state index < -0.39 is 12.2 Å². The molecule has 3 saturated heterocycles. The molecule has 2 amide bonds. The molecule has 0 saturated carbocycles. The van der Waals surface area contributed by atoms with E-state index in [2.05, 4.69) is 14.9 Å². The van der Waals surface area contributed by atoms with Crippen LogP contribution in [0.2, 0.25) is 5.02 Å². The Kier molecular flexibility index (Phi) is 8.85. The van der Waals surface area contributed by atoms with Crippen molar-refractivity contribution in [3.8, 4) is 0 Å². The van der Waals surface area contributed by atoms with E-state index >= 15 is 0 Å². The summed E-state index contributed by atoms with van der Waals surface area (Å²) in [4.78, 5) is 54.3. The number of H-pyrrole nitrogens is 1. The van der Waals surface area contributed by atoms with Crippen LogP contribution in [0.15, 0.2) is 47.4 Å². The quantitative estimate of drug-likeness (QED) is 0.282. The van der Waals surface area contributed by atoms with Crippen LogP contribution in [0.1, 0.15) is 55.7 Å². The number of hydrogen-bond acceptors (Lipinski definition) is 7. The molecule has 0 aliphatic carbocycles. The summed E-state index contributed by atoms with van der Waals surface area (Å²) in [6.07, 6.45) is 5.91. The summed E-state index contributed by atoms with van der Waals surface area (Å²) in [5.74, 6) is -0.177. The molecule has 3 aliphatic rings. The molecule has 3 N–H and O–H groups in total. The lowest BCUT2D eigenvalue weighted by atomic mass is 10.0. The van der Waals surface area contributed by atoms with Crippen molar-refractivity contribution in [3.05, 3.63) is 69.2 Å². The van der Waals surface area contributed by atoms with Crippen molar-refractivity contribution in [3.63, 3.8) is 0 Å². The summed E-state index contributed by atoms with van der Waals surface area (Å²) in [6, 6.07) is 11.8. The van der Waals surface area contributed by atoms with Crippen LogP contribution < -0.4 is 11.4 Å². The van der Waals surface area contributed by atoms with E-state index in [4.69, 9.17) is 22.1 Å². The zero-order valence-corrected chi connectivity index (χ0v) is 27.5. The molecule has 2 aromatic carbocycles. The number of benzene rings is 2. The fraction of sp³-hybridized carbons (Fsp3) is 0.486. The number of aryl methyl sites for hydroxylation is 1. The SMILES string of the molecule is Cc1cc(C[C@@H](OC(=O)N2CCC(n3c(=O)[nH]c4c5ccccc5ncc43)CC2)C(=O)N2CCC(N3CCCC3)CC2)cc(Cl)c1N. The maximum atomic E-state index is 14.0. The van der Waals surface area contributed by atoms with Crippen LogP contribution in [0.5, 0.6) is 0 Å². The van der Waals surface area contributed by atoms with Crippen molar-refractivity contribution >= 4 is 51.2 Å². The number of aromatic nitrogens is 3. The number of nitrogens with zero attached hydrogens (tertiary/aromatic N) is 5. The highest BCUT2D eigenvalue weighted by Crippen LogP contribution is 2.30. The number of rotatable bonds is 6. The number of aromatic amines is 1. The van der Waals surface area contributed by atoms with Gasteiger partial charge in [-0.05, 0) is 81.8 Å². The lowest BCUT2D eigenvalue weighted by molar-refractivity contribution is -0.142. The van der Waals surface area contributed by atoms with Gasteiger partial charge in [0.15, 0.2) is 6.10 Å². The molecular weight excluding hydrogens is 618 g/mol. The number of ether oxygens (including phenoxy) is 1. The number of nitrogen functional groups attached to an aromatic ring is 1. The molecule has 1 atom stereocenters. The number of para-hydroxylation sites is 1. The summed E-state index contributed by atoms with van der Waals surface area (Å²) < 4.78 is 7.81. The van der Waals surface area contributed by atoms with Gasteiger partial charge in [0.1, 0.15) is 0 Å². The van der Waals surface area contributed by atoms with Gasteiger partial charge in [-0.1, -0.05) is 35.9 Å². The number of fused-ring (bicyclic) bond motifs is 3. The first-order valence-corrected chi connectivity index (χ1v) is 17.2. The molecule has 3 aliphatic heterocycles. The van der Waals surface area contributed by atoms with E-state index in [1.807, 2.05) is 42.2 Å². The average Bonchev–Trinajstić information content (AvgIpc) is 3.75. The summed E-state index contributed by atoms with van der Waals surface area (Å²) >= 11 is 6.40. The summed E-state index contributed by atoms with van der Waals surface area (Å²) in [5.41, 5.74) is 10.3. The Labute approximate surface area is 278 Å². The lowest BCUT2D eigenvalue weighted by Gasteiger charge is -2.38. The molecule has 0 unspecified atom stereocenters. The van der Waals surface area contributed by atoms with Gasteiger partial charge in [0.25, 0.3) is 5.91 Å². The molecule has 11 nitrogen and oxygen atoms in total. The number of hydrogen-bond donors (Lipinski definition) is 2. The molecule has 7 rings (SSSR count). The van der Waals surface area contributed by atoms with Gasteiger partial charge < -0.3 is 30.2 Å². The number of nitrogens with two attached hydrogens (primary N) is 1. The van der Waals surface area contributed by atoms with Gasteiger partial charge >= 0.3 is 11.8 Å². The molecule has 0 bridgehead atoms. The highest BCUT2D eigenvalue weighted by Gasteiger charge is 2.35. The van der Waals surface area contributed by atoms with Gasteiger partial charge in [-0.2, -0.15) is 0 Å². The molecule has 47 heavy (non-hydrogen) atoms. The Bertz CT molecular complexity index is 1830. The minimum absolute atomic E-state index is 0.0995. The number of pyridine rings is 1. The Morgan fingerprint density at radius 3 is 2.40 bits per heavy atom. The van der Waals surface area contributed by atoms with Crippen molar-refractivity contribution in [2.24, 2.45) is 0 Å². The first-order chi connectivity index (χ1) is 22.8. The summed E-state index contributed by atoms with van der Waals surface area (Å²) in [6.45, 7) is 6.23. The van der Waals surface area contributed by atoms with E-state index in [0.29, 0.717) is 55.8 Å². The average molecular weight is 660 g/mol. The van der Waals surface area contributed by atoms with Crippen molar-refractivity contribution < 1.29 is 14.3 Å². The third kappa shape index (κ3) is 6.30. The predicted molar refractivity (Wildman–Crippen MR) is 183 cm³/mol. The number of carbonyl (C=O) groups is 2. The van der Waals surface area contributed by atoms with E-state index in [9.17, 15) is 14.4 Å². The van der Waals surface area contributed by atoms with E-state index in [1.165, 1.54) is 12.8 Å². The topological polar surface area (TPSA) is 130 Å². The second kappa shape index (κ2) is 13.2. The summed E-state index contributed by atoms with van der Waals surface area (Å²) in [7, 11) is 0. The Hall–Kier alpha value is -4.09. The van der Waals surface area contributed by atoms with Crippen LogP contribution in [0.4, 0.5) is 10.5 Å². The smallest absolute Gasteiger partial charge is 0.410 e. The molecular formula is C35H42ClN7O4. The van der Waals surface area contributed by atoms with Crippen LogP contribution in [0, 0.1) is 6.92 Å². The van der Waals surface area contributed by atoms with E-state index in [-0.39, 0.29) is 24.1 Å². The first-order valence-electron chi connectivity index (χ1n) is 16.8. The van der Waals surface area contributed by atoms with Crippen LogP contribution in [0.25, 0.3) is 21.9 Å². The fourth-order valence-corrected chi connectivity index (χ4v) is 7.98. The van der Waals surface area contributed by atoms with Gasteiger partial charge in [0.05, 0.1) is 33.5 Å². The van der Waals surface area contributed by atoms with Crippen LogP contribution in [-0.2, 0) is 16.0 Å². The van der Waals surface area contributed by atoms with Gasteiger partial charge in [-0.25, -0.2) is 9.59 Å². The minimum atomic E-state index is -0.988. The normalized spacial score (nSPS) is 19.1. The van der Waals surface area contributed by atoms with Crippen molar-refractivity contribution in [2.75, 3.05) is 45.0 Å². The van der Waals surface area contributed by atoms with Crippen LogP contribution in [0.3, 0.4) is 0 Å². The van der Waals surface area contributed by atoms with Gasteiger partial charge in [-0.3, -0.25) is 14.3 Å². The number of amides is 2. The van der Waals surface area contributed by atoms with Gasteiger partial charge in [-0.15, -0.1) is 0 Å². The largest absolute Gasteiger partial charge is 0.436 e. The third-order valence-electron chi connectivity index (χ3n) is 10.3. The summed E-state index contributed by atoms with van der Waals surface area (Å²) in [5, 5.41) is 1.32. The number of likely N-dealkylation sites (tertiary alicyclic amines) is 3. The van der Waals surface area contributed by atoms with Crippen LogP contribution in [-0.4, -0.2) is 92.6 Å². The zero-order valence-electron chi connectivity index (χ0n) is 26.8. The number of piperidine rings is 2. The Morgan fingerprint density at radius 1 is 1.00 bits per heavy atom. The molecule has 5 heterocycles. The second-order valence-electron chi connectivity index (χ2n) is 13.2. The molecule has 4 aromatic rings. The highest BCUT2D eigenvalue weighted by atomic mass is 35.5. The molecule has 248 valence electrons. The number of carbonyl (C=O) groups excluding carboxylic acids is 2. The fourth-order valence-electron chi connectivity index (χ4n) is 7.69. The Balaban J connectivity index is 1.04. The third-order valence-corrected chi connectivity index (χ3v) is 10.6. The number of nitrogens with one attached hydrogen (secondary N) is 1. The van der Waals surface area contributed by atoms with Gasteiger partial charge in [0.2, 0.25) is 0 Å². The standard InChI is InChI=1S/C35H42ClN7O4/c1-22-18-23(19-27(36)31(22)37)20-30(33(44)41-14-8-24(9-15-41)40-12-4-5-13-40)47-35(46)42-16-10-25(11-17-42)43-29-21-38-28-7-3-2-6-26(28)32(29)39-34(43)45/h2-3,6-7,18-19,21,24-25,30H,4-5,8-17,20,37H2,1H3,(H,39,45)/t30-/m1/s1. The van der Waals surface area contributed by atoms with Crippen LogP contribution >= 0.6 is 11.6 Å². The van der Waals surface area contributed by atoms with E-state index in [1.54, 1.807) is 21.7 Å². The van der Waals surface area contributed by atoms with Crippen molar-refractivity contribution in [1.29, 1.82) is 0 Å². The highest BCUT2D eigenvalue weighted by molar-refractivity contribution is 6.33. The predicted octanol–water partition coefficient (Wildman–Crippen LogP) is 4.89. The monoisotopic (exact) mass is 659 g/mol. The first kappa shape index (κ1) is 31.5. The number of imidazole rings is 1. The lowest BCUT2D eigenvalue weighted by Crippen LogP contribution is -2.51. The van der Waals surface area contributed by atoms with Crippen molar-refractivity contribution in [2.45, 2.75) is 70.1 Å². The second-order valence-corrected chi connectivity index (χ2v) is 13.6. The molecule has 0 radical (unpaired) electrons. The number of anilines is 1. The van der Waals surface area contributed by atoms with Crippen molar-refractivity contribution in [1.82, 2.24) is 29.2 Å². The molecule has 2 aromatic heterocycles. The molecule has 0 spiro atoms. The van der Waals surface area contributed by atoms with E-state index in [0.717, 1.165) is 59.0 Å². The zero-order chi connectivity index (χ0) is 32.7. The van der Waals surface area contributed by atoms with Gasteiger partial charge in [0, 0.05) is 50.1 Å². The molecule has 3 fully saturated rings. The maximum absolute atomic E-state index is 14.0. The minimum Gasteiger partial charge on any atom is -0.436 e. The number of halogens is 1. The molecule has 12 heteroatoms.